The summed E-state index contributed by atoms with van der Waals surface area (Å²) >= 11 is 0. The molecule has 1 aromatic heterocycles. The summed E-state index contributed by atoms with van der Waals surface area (Å²) in [7, 11) is 2.10. The molecule has 0 radical (unpaired) electrons. The fourth-order valence-electron chi connectivity index (χ4n) is 7.85. The van der Waals surface area contributed by atoms with E-state index in [1.807, 2.05) is 65.2 Å². The first-order valence-electron chi connectivity index (χ1n) is 16.8. The number of para-hydroxylation sites is 2. The summed E-state index contributed by atoms with van der Waals surface area (Å²) in [5.74, 6) is 0.460. The van der Waals surface area contributed by atoms with Crippen LogP contribution in [0.1, 0.15) is 53.0 Å². The zero-order valence-corrected chi connectivity index (χ0v) is 27.0. The van der Waals surface area contributed by atoms with Crippen LogP contribution >= 0.6 is 0 Å². The minimum atomic E-state index is -0.525. The Kier molecular flexibility index (Phi) is 8.60. The molecular formula is C40H42FN4O2+. The number of piperidine rings is 1. The maximum absolute atomic E-state index is 14.5. The molecule has 1 amide bonds. The molecule has 2 unspecified atom stereocenters. The number of quaternary nitrogens is 1. The molecule has 4 aromatic carbocycles. The van der Waals surface area contributed by atoms with Gasteiger partial charge in [0.05, 0.1) is 24.6 Å². The fourth-order valence-corrected chi connectivity index (χ4v) is 7.85. The van der Waals surface area contributed by atoms with Crippen molar-refractivity contribution in [1.29, 1.82) is 0 Å². The third-order valence-electron chi connectivity index (χ3n) is 10.6. The average Bonchev–Trinajstić information content (AvgIpc) is 3.60. The van der Waals surface area contributed by atoms with Gasteiger partial charge in [-0.05, 0) is 74.3 Å². The lowest BCUT2D eigenvalue weighted by Crippen LogP contribution is -2.50. The molecule has 7 rings (SSSR count). The van der Waals surface area contributed by atoms with Crippen LogP contribution in [0.25, 0.3) is 11.0 Å². The van der Waals surface area contributed by atoms with Crippen LogP contribution in [-0.4, -0.2) is 63.9 Å². The fraction of sp³-hybridized carbons (Fsp3) is 0.325. The molecule has 3 heterocycles. The molecule has 2 fully saturated rings. The predicted octanol–water partition coefficient (Wildman–Crippen LogP) is 7.02. The van der Waals surface area contributed by atoms with E-state index in [1.165, 1.54) is 17.7 Å². The Labute approximate surface area is 276 Å². The Bertz CT molecular complexity index is 1870. The standard InChI is InChI=1S/C40H42FN4O2/c1-45(29-31-10-4-2-5-11-31)27-23-40(39(45)47,33-12-6-3-7-13-33)22-26-43-24-20-32(21-25-43)37(46)38-42-35-14-8-9-15-36(35)44(38)28-30-16-18-34(41)19-17-30/h2-19,32H,20-29H2,1H3/q+1. The van der Waals surface area contributed by atoms with Gasteiger partial charge >= 0.3 is 5.91 Å². The van der Waals surface area contributed by atoms with Crippen LogP contribution in [0.5, 0.6) is 0 Å². The number of hydrogen-bond acceptors (Lipinski definition) is 4. The van der Waals surface area contributed by atoms with Gasteiger partial charge in [0, 0.05) is 24.4 Å². The van der Waals surface area contributed by atoms with Gasteiger partial charge in [-0.3, -0.25) is 9.28 Å². The summed E-state index contributed by atoms with van der Waals surface area (Å²) in [5.41, 5.74) is 4.40. The van der Waals surface area contributed by atoms with Gasteiger partial charge in [-0.25, -0.2) is 14.2 Å². The van der Waals surface area contributed by atoms with Gasteiger partial charge in [0.2, 0.25) is 5.78 Å². The van der Waals surface area contributed by atoms with Crippen molar-refractivity contribution >= 4 is 22.7 Å². The monoisotopic (exact) mass is 629 g/mol. The summed E-state index contributed by atoms with van der Waals surface area (Å²) in [6.45, 7) is 4.41. The quantitative estimate of drug-likeness (QED) is 0.123. The topological polar surface area (TPSA) is 55.2 Å². The number of amides is 1. The Morgan fingerprint density at radius 3 is 2.26 bits per heavy atom. The number of fused-ring (bicyclic) bond motifs is 1. The molecule has 2 aliphatic heterocycles. The zero-order chi connectivity index (χ0) is 32.4. The minimum Gasteiger partial charge on any atom is -0.317 e. The number of nitrogens with zero attached hydrogens (tertiary/aromatic N) is 4. The van der Waals surface area contributed by atoms with Crippen molar-refractivity contribution < 1.29 is 18.5 Å². The van der Waals surface area contributed by atoms with Crippen LogP contribution in [0, 0.1) is 11.7 Å². The molecule has 240 valence electrons. The summed E-state index contributed by atoms with van der Waals surface area (Å²) < 4.78 is 16.0. The second-order valence-corrected chi connectivity index (χ2v) is 13.6. The molecule has 6 nitrogen and oxygen atoms in total. The maximum Gasteiger partial charge on any atom is 0.324 e. The van der Waals surface area contributed by atoms with Crippen LogP contribution < -0.4 is 0 Å². The van der Waals surface area contributed by atoms with Gasteiger partial charge in [-0.2, -0.15) is 0 Å². The van der Waals surface area contributed by atoms with E-state index >= 15 is 0 Å². The first-order valence-corrected chi connectivity index (χ1v) is 16.8. The molecule has 0 aliphatic carbocycles. The number of aromatic nitrogens is 2. The summed E-state index contributed by atoms with van der Waals surface area (Å²) in [5, 5.41) is 0. The highest BCUT2D eigenvalue weighted by Gasteiger charge is 2.57. The van der Waals surface area contributed by atoms with Crippen molar-refractivity contribution in [2.24, 2.45) is 5.92 Å². The van der Waals surface area contributed by atoms with Crippen molar-refractivity contribution in [3.63, 3.8) is 0 Å². The van der Waals surface area contributed by atoms with E-state index in [0.717, 1.165) is 74.0 Å². The Morgan fingerprint density at radius 2 is 1.53 bits per heavy atom. The molecule has 0 spiro atoms. The lowest BCUT2D eigenvalue weighted by atomic mass is 9.75. The molecule has 47 heavy (non-hydrogen) atoms. The number of carbonyl (C=O) groups is 2. The first-order chi connectivity index (χ1) is 22.8. The summed E-state index contributed by atoms with van der Waals surface area (Å²) in [6.07, 6.45) is 3.11. The van der Waals surface area contributed by atoms with E-state index in [1.54, 1.807) is 12.1 Å². The number of hydrogen-bond donors (Lipinski definition) is 0. The number of benzene rings is 4. The first kappa shape index (κ1) is 31.2. The highest BCUT2D eigenvalue weighted by atomic mass is 19.1. The van der Waals surface area contributed by atoms with Crippen molar-refractivity contribution in [3.8, 4) is 0 Å². The van der Waals surface area contributed by atoms with E-state index in [-0.39, 0.29) is 17.5 Å². The molecule has 0 saturated carbocycles. The van der Waals surface area contributed by atoms with Crippen molar-refractivity contribution in [1.82, 2.24) is 14.5 Å². The normalized spacial score (nSPS) is 22.2. The van der Waals surface area contributed by atoms with E-state index in [9.17, 15) is 14.0 Å². The van der Waals surface area contributed by atoms with Gasteiger partial charge in [0.1, 0.15) is 17.8 Å². The van der Waals surface area contributed by atoms with Crippen LogP contribution in [-0.2, 0) is 23.3 Å². The number of likely N-dealkylation sites (N-methyl/N-ethyl adjacent to an activating group) is 1. The average molecular weight is 630 g/mol. The van der Waals surface area contributed by atoms with Gasteiger partial charge < -0.3 is 9.47 Å². The predicted molar refractivity (Wildman–Crippen MR) is 182 cm³/mol. The van der Waals surface area contributed by atoms with Crippen molar-refractivity contribution in [2.75, 3.05) is 33.2 Å². The third kappa shape index (κ3) is 6.18. The SMILES string of the molecule is C[N+]1(Cc2ccccc2)CCC(CCN2CCC(C(=O)c3nc4ccccc4n3Cc3ccc(F)cc3)CC2)(c2ccccc2)C1=O. The summed E-state index contributed by atoms with van der Waals surface area (Å²) in [4.78, 5) is 35.7. The number of Topliss-reactive ketones (excluding diaryl/α,β-unsaturated/α-hetero) is 1. The third-order valence-corrected chi connectivity index (χ3v) is 10.6. The molecule has 2 atom stereocenters. The largest absolute Gasteiger partial charge is 0.324 e. The van der Waals surface area contributed by atoms with Gasteiger partial charge in [0.15, 0.2) is 5.82 Å². The second-order valence-electron chi connectivity index (χ2n) is 13.6. The van der Waals surface area contributed by atoms with Gasteiger partial charge in [-0.1, -0.05) is 84.9 Å². The number of halogens is 1. The Balaban J connectivity index is 1.05. The van der Waals surface area contributed by atoms with Crippen LogP contribution in [0.3, 0.4) is 0 Å². The highest BCUT2D eigenvalue weighted by Crippen LogP contribution is 2.43. The number of ketones is 1. The van der Waals surface area contributed by atoms with Crippen LogP contribution in [0.2, 0.25) is 0 Å². The molecule has 7 heteroatoms. The van der Waals surface area contributed by atoms with Gasteiger partial charge in [0.25, 0.3) is 0 Å². The molecule has 0 N–H and O–H groups in total. The van der Waals surface area contributed by atoms with Crippen molar-refractivity contribution in [2.45, 2.75) is 44.2 Å². The number of likely N-dealkylation sites (tertiary alicyclic amines) is 2. The Morgan fingerprint density at radius 1 is 0.872 bits per heavy atom. The molecular weight excluding hydrogens is 587 g/mol. The number of imidazole rings is 1. The van der Waals surface area contributed by atoms with E-state index in [4.69, 9.17) is 4.98 Å². The highest BCUT2D eigenvalue weighted by molar-refractivity contribution is 5.98. The number of carbonyl (C=O) groups excluding carboxylic acids is 2. The zero-order valence-electron chi connectivity index (χ0n) is 27.0. The van der Waals surface area contributed by atoms with E-state index in [0.29, 0.717) is 29.3 Å². The molecule has 0 bridgehead atoms. The van der Waals surface area contributed by atoms with Crippen LogP contribution in [0.15, 0.2) is 109 Å². The molecule has 2 aliphatic rings. The van der Waals surface area contributed by atoms with Gasteiger partial charge in [-0.15, -0.1) is 0 Å². The number of rotatable bonds is 10. The second kappa shape index (κ2) is 13.0. The lowest BCUT2D eigenvalue weighted by molar-refractivity contribution is -0.840. The maximum atomic E-state index is 14.5. The van der Waals surface area contributed by atoms with E-state index < -0.39 is 5.41 Å². The summed E-state index contributed by atoms with van der Waals surface area (Å²) in [6, 6.07) is 34.9. The smallest absolute Gasteiger partial charge is 0.317 e. The lowest BCUT2D eigenvalue weighted by Gasteiger charge is -2.35. The molecule has 5 aromatic rings. The van der Waals surface area contributed by atoms with Crippen molar-refractivity contribution in [3.05, 3.63) is 138 Å². The van der Waals surface area contributed by atoms with E-state index in [2.05, 4.69) is 36.2 Å². The Hall–Kier alpha value is -4.46. The van der Waals surface area contributed by atoms with Crippen LogP contribution in [0.4, 0.5) is 4.39 Å². The minimum absolute atomic E-state index is 0.0728. The molecule has 2 saturated heterocycles.